The van der Waals surface area contributed by atoms with E-state index in [2.05, 4.69) is 10.6 Å². The molecule has 0 aliphatic carbocycles. The standard InChI is InChI=1S/C17H22N2O4/c1-11-5-3-6-12(2)16(11)23-10-4-7-14(20)18-13-8-9-15(21)19-17(13)22/h3,5-6,13H,4,7-10H2,1-2H3,(H,18,20)(H,19,21,22). The molecule has 0 saturated carbocycles. The van der Waals surface area contributed by atoms with E-state index in [9.17, 15) is 14.4 Å². The molecule has 3 amide bonds. The van der Waals surface area contributed by atoms with E-state index in [1.165, 1.54) is 0 Å². The third kappa shape index (κ3) is 4.81. The molecule has 124 valence electrons. The van der Waals surface area contributed by atoms with Crippen LogP contribution in [0.1, 0.15) is 36.8 Å². The molecule has 1 atom stereocenters. The maximum absolute atomic E-state index is 11.9. The van der Waals surface area contributed by atoms with E-state index in [1.807, 2.05) is 32.0 Å². The first-order valence-corrected chi connectivity index (χ1v) is 7.79. The van der Waals surface area contributed by atoms with Crippen LogP contribution in [0.3, 0.4) is 0 Å². The Morgan fingerprint density at radius 1 is 1.30 bits per heavy atom. The average Bonchev–Trinajstić information content (AvgIpc) is 2.49. The highest BCUT2D eigenvalue weighted by atomic mass is 16.5. The Bertz CT molecular complexity index is 592. The summed E-state index contributed by atoms with van der Waals surface area (Å²) in [5.41, 5.74) is 2.14. The van der Waals surface area contributed by atoms with E-state index in [4.69, 9.17) is 4.74 Å². The van der Waals surface area contributed by atoms with E-state index >= 15 is 0 Å². The van der Waals surface area contributed by atoms with Crippen molar-refractivity contribution < 1.29 is 19.1 Å². The van der Waals surface area contributed by atoms with E-state index in [-0.39, 0.29) is 24.7 Å². The number of benzene rings is 1. The predicted molar refractivity (Wildman–Crippen MR) is 85.0 cm³/mol. The van der Waals surface area contributed by atoms with Gasteiger partial charge in [-0.05, 0) is 37.8 Å². The molecule has 1 aromatic rings. The summed E-state index contributed by atoms with van der Waals surface area (Å²) in [7, 11) is 0. The zero-order valence-corrected chi connectivity index (χ0v) is 13.5. The minimum absolute atomic E-state index is 0.204. The summed E-state index contributed by atoms with van der Waals surface area (Å²) < 4.78 is 5.74. The molecule has 1 fully saturated rings. The second-order valence-electron chi connectivity index (χ2n) is 5.74. The zero-order valence-electron chi connectivity index (χ0n) is 13.5. The van der Waals surface area contributed by atoms with Crippen LogP contribution < -0.4 is 15.4 Å². The monoisotopic (exact) mass is 318 g/mol. The van der Waals surface area contributed by atoms with Crippen LogP contribution in [-0.4, -0.2) is 30.4 Å². The van der Waals surface area contributed by atoms with Crippen LogP contribution in [0.4, 0.5) is 0 Å². The van der Waals surface area contributed by atoms with Gasteiger partial charge in [0, 0.05) is 12.8 Å². The van der Waals surface area contributed by atoms with Crippen LogP contribution in [-0.2, 0) is 14.4 Å². The number of aryl methyl sites for hydroxylation is 2. The number of amides is 3. The van der Waals surface area contributed by atoms with E-state index in [0.29, 0.717) is 19.4 Å². The van der Waals surface area contributed by atoms with E-state index in [0.717, 1.165) is 16.9 Å². The molecule has 0 aromatic heterocycles. The molecule has 23 heavy (non-hydrogen) atoms. The van der Waals surface area contributed by atoms with Gasteiger partial charge < -0.3 is 10.1 Å². The van der Waals surface area contributed by atoms with Gasteiger partial charge in [-0.2, -0.15) is 0 Å². The van der Waals surface area contributed by atoms with Crippen LogP contribution in [0.15, 0.2) is 18.2 Å². The van der Waals surface area contributed by atoms with Crippen molar-refractivity contribution >= 4 is 17.7 Å². The van der Waals surface area contributed by atoms with Crippen molar-refractivity contribution in [3.05, 3.63) is 29.3 Å². The molecule has 1 unspecified atom stereocenters. The number of hydrogen-bond acceptors (Lipinski definition) is 4. The van der Waals surface area contributed by atoms with Gasteiger partial charge in [-0.1, -0.05) is 18.2 Å². The highest BCUT2D eigenvalue weighted by Crippen LogP contribution is 2.22. The number of carbonyl (C=O) groups excluding carboxylic acids is 3. The summed E-state index contributed by atoms with van der Waals surface area (Å²) in [5.74, 6) is -0.0634. The lowest BCUT2D eigenvalue weighted by Gasteiger charge is -2.21. The van der Waals surface area contributed by atoms with Gasteiger partial charge >= 0.3 is 0 Å². The van der Waals surface area contributed by atoms with E-state index < -0.39 is 11.9 Å². The quantitative estimate of drug-likeness (QED) is 0.613. The van der Waals surface area contributed by atoms with Gasteiger partial charge in [0.1, 0.15) is 11.8 Å². The van der Waals surface area contributed by atoms with Crippen molar-refractivity contribution in [2.75, 3.05) is 6.61 Å². The molecular formula is C17H22N2O4. The number of piperidine rings is 1. The Balaban J connectivity index is 1.71. The lowest BCUT2D eigenvalue weighted by Crippen LogP contribution is -2.52. The number of para-hydroxylation sites is 1. The minimum atomic E-state index is -0.611. The van der Waals surface area contributed by atoms with Gasteiger partial charge in [-0.3, -0.25) is 19.7 Å². The summed E-state index contributed by atoms with van der Waals surface area (Å²) >= 11 is 0. The topological polar surface area (TPSA) is 84.5 Å². The number of ether oxygens (including phenoxy) is 1. The molecule has 0 bridgehead atoms. The maximum Gasteiger partial charge on any atom is 0.249 e. The fourth-order valence-corrected chi connectivity index (χ4v) is 2.53. The fraction of sp³-hybridized carbons (Fsp3) is 0.471. The molecule has 1 saturated heterocycles. The molecular weight excluding hydrogens is 296 g/mol. The predicted octanol–water partition coefficient (Wildman–Crippen LogP) is 1.38. The van der Waals surface area contributed by atoms with Crippen molar-refractivity contribution in [3.8, 4) is 5.75 Å². The Hall–Kier alpha value is -2.37. The second kappa shape index (κ2) is 7.76. The third-order valence-corrected chi connectivity index (χ3v) is 3.78. The number of rotatable bonds is 6. The number of hydrogen-bond donors (Lipinski definition) is 2. The van der Waals surface area contributed by atoms with Gasteiger partial charge in [0.15, 0.2) is 0 Å². The molecule has 1 heterocycles. The highest BCUT2D eigenvalue weighted by Gasteiger charge is 2.27. The molecule has 2 N–H and O–H groups in total. The summed E-state index contributed by atoms with van der Waals surface area (Å²) in [4.78, 5) is 34.5. The molecule has 2 rings (SSSR count). The Labute approximate surface area is 135 Å². The van der Waals surface area contributed by atoms with Crippen molar-refractivity contribution in [1.82, 2.24) is 10.6 Å². The van der Waals surface area contributed by atoms with Gasteiger partial charge in [-0.15, -0.1) is 0 Å². The number of carbonyl (C=O) groups is 3. The van der Waals surface area contributed by atoms with Crippen LogP contribution >= 0.6 is 0 Å². The first-order chi connectivity index (χ1) is 11.0. The molecule has 6 heteroatoms. The van der Waals surface area contributed by atoms with Crippen molar-refractivity contribution in [3.63, 3.8) is 0 Å². The van der Waals surface area contributed by atoms with Crippen LogP contribution in [0.2, 0.25) is 0 Å². The summed E-state index contributed by atoms with van der Waals surface area (Å²) in [5, 5.41) is 4.87. The molecule has 1 aliphatic heterocycles. The smallest absolute Gasteiger partial charge is 0.249 e. The Morgan fingerprint density at radius 2 is 2.00 bits per heavy atom. The van der Waals surface area contributed by atoms with Crippen molar-refractivity contribution in [2.45, 2.75) is 45.6 Å². The van der Waals surface area contributed by atoms with Crippen LogP contribution in [0.25, 0.3) is 0 Å². The molecule has 0 spiro atoms. The number of nitrogens with one attached hydrogen (secondary N) is 2. The largest absolute Gasteiger partial charge is 0.493 e. The third-order valence-electron chi connectivity index (χ3n) is 3.78. The van der Waals surface area contributed by atoms with Crippen molar-refractivity contribution in [2.24, 2.45) is 0 Å². The SMILES string of the molecule is Cc1cccc(C)c1OCCCC(=O)NC1CCC(=O)NC1=O. The van der Waals surface area contributed by atoms with Crippen molar-refractivity contribution in [1.29, 1.82) is 0 Å². The second-order valence-corrected chi connectivity index (χ2v) is 5.74. The Morgan fingerprint density at radius 3 is 2.65 bits per heavy atom. The first kappa shape index (κ1) is 17.0. The van der Waals surface area contributed by atoms with Crippen LogP contribution in [0, 0.1) is 13.8 Å². The molecule has 6 nitrogen and oxygen atoms in total. The minimum Gasteiger partial charge on any atom is -0.493 e. The zero-order chi connectivity index (χ0) is 16.8. The summed E-state index contributed by atoms with van der Waals surface area (Å²) in [6, 6.07) is 5.33. The lowest BCUT2D eigenvalue weighted by atomic mass is 10.1. The van der Waals surface area contributed by atoms with Gasteiger partial charge in [0.2, 0.25) is 17.7 Å². The highest BCUT2D eigenvalue weighted by molar-refractivity contribution is 6.01. The molecule has 0 radical (unpaired) electrons. The number of imide groups is 1. The Kier molecular flexibility index (Phi) is 5.73. The molecule has 1 aliphatic rings. The molecule has 1 aromatic carbocycles. The first-order valence-electron chi connectivity index (χ1n) is 7.79. The van der Waals surface area contributed by atoms with Gasteiger partial charge in [0.25, 0.3) is 0 Å². The average molecular weight is 318 g/mol. The van der Waals surface area contributed by atoms with E-state index in [1.54, 1.807) is 0 Å². The summed E-state index contributed by atoms with van der Waals surface area (Å²) in [6.45, 7) is 4.41. The fourth-order valence-electron chi connectivity index (χ4n) is 2.53. The summed E-state index contributed by atoms with van der Waals surface area (Å²) in [6.07, 6.45) is 1.46. The lowest BCUT2D eigenvalue weighted by molar-refractivity contribution is -0.137. The maximum atomic E-state index is 11.9. The van der Waals surface area contributed by atoms with Gasteiger partial charge in [-0.25, -0.2) is 0 Å². The van der Waals surface area contributed by atoms with Gasteiger partial charge in [0.05, 0.1) is 6.61 Å². The van der Waals surface area contributed by atoms with Crippen LogP contribution in [0.5, 0.6) is 5.75 Å². The normalized spacial score (nSPS) is 17.6.